The molecule has 0 radical (unpaired) electrons. The van der Waals surface area contributed by atoms with Crippen molar-refractivity contribution in [3.63, 3.8) is 0 Å². The molecule has 1 aromatic rings. The topological polar surface area (TPSA) is 50.9 Å². The number of hydrogen-bond acceptors (Lipinski definition) is 4. The standard InChI is InChI=1S/C13H21N3S/c1-2-6-16-13(12-4-3-8-17-12)10-9-15-7-5-11(10)14/h5,7,9,12-13,16H,2-4,6,8H2,1H3,(H2,14,15). The highest BCUT2D eigenvalue weighted by molar-refractivity contribution is 8.00. The summed E-state index contributed by atoms with van der Waals surface area (Å²) in [6.07, 6.45) is 7.42. The van der Waals surface area contributed by atoms with E-state index < -0.39 is 0 Å². The van der Waals surface area contributed by atoms with Crippen molar-refractivity contribution >= 4 is 17.4 Å². The van der Waals surface area contributed by atoms with E-state index in [-0.39, 0.29) is 0 Å². The minimum absolute atomic E-state index is 0.358. The lowest BCUT2D eigenvalue weighted by atomic mass is 10.0. The molecule has 4 heteroatoms. The fraction of sp³-hybridized carbons (Fsp3) is 0.615. The van der Waals surface area contributed by atoms with Crippen LogP contribution in [0.1, 0.15) is 37.8 Å². The molecule has 0 aliphatic carbocycles. The first-order chi connectivity index (χ1) is 8.33. The molecule has 1 aromatic heterocycles. The van der Waals surface area contributed by atoms with Crippen molar-refractivity contribution in [3.8, 4) is 0 Å². The zero-order valence-corrected chi connectivity index (χ0v) is 11.2. The Hall–Kier alpha value is -0.740. The molecule has 0 bridgehead atoms. The van der Waals surface area contributed by atoms with Crippen LogP contribution in [0.15, 0.2) is 18.5 Å². The van der Waals surface area contributed by atoms with E-state index in [0.29, 0.717) is 11.3 Å². The van der Waals surface area contributed by atoms with Gasteiger partial charge in [-0.3, -0.25) is 4.98 Å². The zero-order valence-electron chi connectivity index (χ0n) is 10.4. The summed E-state index contributed by atoms with van der Waals surface area (Å²) < 4.78 is 0. The molecule has 0 saturated carbocycles. The molecule has 2 rings (SSSR count). The van der Waals surface area contributed by atoms with Crippen LogP contribution in [0.25, 0.3) is 0 Å². The van der Waals surface area contributed by atoms with Crippen molar-refractivity contribution in [1.82, 2.24) is 10.3 Å². The second-order valence-electron chi connectivity index (χ2n) is 4.49. The van der Waals surface area contributed by atoms with Crippen LogP contribution >= 0.6 is 11.8 Å². The Bertz CT molecular complexity index is 350. The van der Waals surface area contributed by atoms with Gasteiger partial charge in [-0.05, 0) is 37.6 Å². The number of nitrogens with two attached hydrogens (primary N) is 1. The van der Waals surface area contributed by atoms with Gasteiger partial charge in [0.2, 0.25) is 0 Å². The molecular weight excluding hydrogens is 230 g/mol. The number of pyridine rings is 1. The summed E-state index contributed by atoms with van der Waals surface area (Å²) in [7, 11) is 0. The average Bonchev–Trinajstić information content (AvgIpc) is 2.85. The van der Waals surface area contributed by atoms with E-state index in [4.69, 9.17) is 5.73 Å². The lowest BCUT2D eigenvalue weighted by Gasteiger charge is -2.25. The number of aromatic nitrogens is 1. The minimum Gasteiger partial charge on any atom is -0.398 e. The predicted octanol–water partition coefficient (Wildman–Crippen LogP) is 2.60. The Balaban J connectivity index is 2.16. The molecule has 0 amide bonds. The molecule has 3 nitrogen and oxygen atoms in total. The van der Waals surface area contributed by atoms with Crippen LogP contribution < -0.4 is 11.1 Å². The van der Waals surface area contributed by atoms with E-state index in [0.717, 1.165) is 18.7 Å². The van der Waals surface area contributed by atoms with Crippen molar-refractivity contribution < 1.29 is 0 Å². The number of thioether (sulfide) groups is 1. The highest BCUT2D eigenvalue weighted by Crippen LogP contribution is 2.37. The summed E-state index contributed by atoms with van der Waals surface area (Å²) in [6, 6.07) is 2.26. The number of rotatable bonds is 5. The predicted molar refractivity (Wildman–Crippen MR) is 75.2 cm³/mol. The molecule has 2 heterocycles. The summed E-state index contributed by atoms with van der Waals surface area (Å²) in [4.78, 5) is 4.22. The Labute approximate surface area is 108 Å². The number of nitrogens with one attached hydrogen (secondary N) is 1. The highest BCUT2D eigenvalue weighted by Gasteiger charge is 2.27. The number of anilines is 1. The average molecular weight is 251 g/mol. The Kier molecular flexibility index (Phi) is 4.68. The van der Waals surface area contributed by atoms with Crippen molar-refractivity contribution in [2.24, 2.45) is 0 Å². The fourth-order valence-electron chi connectivity index (χ4n) is 2.28. The van der Waals surface area contributed by atoms with Crippen LogP contribution in [-0.2, 0) is 0 Å². The SMILES string of the molecule is CCCNC(c1cnccc1N)C1CCCS1. The molecule has 1 aliphatic rings. The van der Waals surface area contributed by atoms with E-state index >= 15 is 0 Å². The number of hydrogen-bond donors (Lipinski definition) is 2. The van der Waals surface area contributed by atoms with Gasteiger partial charge in [0, 0.05) is 34.9 Å². The summed E-state index contributed by atoms with van der Waals surface area (Å²) in [5, 5.41) is 4.27. The van der Waals surface area contributed by atoms with Crippen LogP contribution in [0.4, 0.5) is 5.69 Å². The fourth-order valence-corrected chi connectivity index (χ4v) is 3.69. The summed E-state index contributed by atoms with van der Waals surface area (Å²) in [5.41, 5.74) is 8.10. The van der Waals surface area contributed by atoms with E-state index in [1.807, 2.05) is 12.3 Å². The number of nitrogen functional groups attached to an aromatic ring is 1. The minimum atomic E-state index is 0.358. The molecular formula is C13H21N3S. The maximum absolute atomic E-state index is 6.07. The molecule has 1 fully saturated rings. The van der Waals surface area contributed by atoms with E-state index in [1.165, 1.54) is 24.2 Å². The third-order valence-electron chi connectivity index (χ3n) is 3.17. The van der Waals surface area contributed by atoms with Gasteiger partial charge in [0.05, 0.1) is 0 Å². The van der Waals surface area contributed by atoms with Crippen LogP contribution in [-0.4, -0.2) is 22.5 Å². The Morgan fingerprint density at radius 1 is 1.65 bits per heavy atom. The molecule has 0 spiro atoms. The van der Waals surface area contributed by atoms with Gasteiger partial charge < -0.3 is 11.1 Å². The lowest BCUT2D eigenvalue weighted by molar-refractivity contribution is 0.503. The molecule has 17 heavy (non-hydrogen) atoms. The van der Waals surface area contributed by atoms with Gasteiger partial charge in [-0.25, -0.2) is 0 Å². The van der Waals surface area contributed by atoms with Crippen LogP contribution in [0.5, 0.6) is 0 Å². The first kappa shape index (κ1) is 12.7. The molecule has 1 aliphatic heterocycles. The Morgan fingerprint density at radius 2 is 2.53 bits per heavy atom. The maximum Gasteiger partial charge on any atom is 0.0476 e. The van der Waals surface area contributed by atoms with Crippen molar-refractivity contribution in [2.45, 2.75) is 37.5 Å². The van der Waals surface area contributed by atoms with E-state index in [2.05, 4.69) is 29.0 Å². The quantitative estimate of drug-likeness (QED) is 0.844. The zero-order chi connectivity index (χ0) is 12.1. The monoisotopic (exact) mass is 251 g/mol. The normalized spacial score (nSPS) is 21.6. The van der Waals surface area contributed by atoms with Crippen molar-refractivity contribution in [3.05, 3.63) is 24.0 Å². The van der Waals surface area contributed by atoms with Gasteiger partial charge in [0.1, 0.15) is 0 Å². The van der Waals surface area contributed by atoms with Gasteiger partial charge in [-0.15, -0.1) is 0 Å². The van der Waals surface area contributed by atoms with Crippen LogP contribution in [0.3, 0.4) is 0 Å². The summed E-state index contributed by atoms with van der Waals surface area (Å²) >= 11 is 2.06. The smallest absolute Gasteiger partial charge is 0.0476 e. The van der Waals surface area contributed by atoms with Gasteiger partial charge >= 0.3 is 0 Å². The second kappa shape index (κ2) is 6.26. The highest BCUT2D eigenvalue weighted by atomic mass is 32.2. The largest absolute Gasteiger partial charge is 0.398 e. The van der Waals surface area contributed by atoms with Gasteiger partial charge in [-0.1, -0.05) is 6.92 Å². The second-order valence-corrected chi connectivity index (χ2v) is 5.83. The third-order valence-corrected chi connectivity index (χ3v) is 4.63. The molecule has 2 unspecified atom stereocenters. The maximum atomic E-state index is 6.07. The lowest BCUT2D eigenvalue weighted by Crippen LogP contribution is -2.30. The van der Waals surface area contributed by atoms with Gasteiger partial charge in [0.15, 0.2) is 0 Å². The van der Waals surface area contributed by atoms with Crippen LogP contribution in [0, 0.1) is 0 Å². The summed E-state index contributed by atoms with van der Waals surface area (Å²) in [5.74, 6) is 1.27. The van der Waals surface area contributed by atoms with Crippen molar-refractivity contribution in [2.75, 3.05) is 18.0 Å². The van der Waals surface area contributed by atoms with E-state index in [9.17, 15) is 0 Å². The Morgan fingerprint density at radius 3 is 3.18 bits per heavy atom. The molecule has 2 atom stereocenters. The molecule has 1 saturated heterocycles. The molecule has 0 aromatic carbocycles. The molecule has 3 N–H and O–H groups in total. The van der Waals surface area contributed by atoms with Gasteiger partial charge in [0.25, 0.3) is 0 Å². The first-order valence-corrected chi connectivity index (χ1v) is 7.42. The van der Waals surface area contributed by atoms with Crippen molar-refractivity contribution in [1.29, 1.82) is 0 Å². The van der Waals surface area contributed by atoms with Gasteiger partial charge in [-0.2, -0.15) is 11.8 Å². The van der Waals surface area contributed by atoms with E-state index in [1.54, 1.807) is 6.20 Å². The number of nitrogens with zero attached hydrogens (tertiary/aromatic N) is 1. The first-order valence-electron chi connectivity index (χ1n) is 6.37. The molecule has 94 valence electrons. The van der Waals surface area contributed by atoms with Crippen LogP contribution in [0.2, 0.25) is 0 Å². The third kappa shape index (κ3) is 3.13. The summed E-state index contributed by atoms with van der Waals surface area (Å²) in [6.45, 7) is 3.23.